The molecule has 30 heavy (non-hydrogen) atoms. The summed E-state index contributed by atoms with van der Waals surface area (Å²) in [6.07, 6.45) is -0.164. The second-order valence-corrected chi connectivity index (χ2v) is 8.14. The minimum absolute atomic E-state index is 0.108. The number of ether oxygens (including phenoxy) is 2. The molecule has 2 aromatic rings. The number of likely N-dealkylation sites (N-methyl/N-ethyl adjacent to an activating group) is 1. The zero-order valence-corrected chi connectivity index (χ0v) is 17.9. The molecule has 0 aliphatic carbocycles. The molecule has 2 atom stereocenters. The lowest BCUT2D eigenvalue weighted by Gasteiger charge is -2.38. The maximum Gasteiger partial charge on any atom is 0.239 e. The number of carbonyl (C=O) groups is 1. The van der Waals surface area contributed by atoms with Gasteiger partial charge in [-0.2, -0.15) is 0 Å². The Hall–Kier alpha value is -2.58. The van der Waals surface area contributed by atoms with Crippen molar-refractivity contribution in [1.82, 2.24) is 19.9 Å². The van der Waals surface area contributed by atoms with E-state index in [2.05, 4.69) is 15.0 Å². The van der Waals surface area contributed by atoms with Gasteiger partial charge in [-0.1, -0.05) is 17.3 Å². The molecule has 1 saturated heterocycles. The summed E-state index contributed by atoms with van der Waals surface area (Å²) in [6.45, 7) is 9.13. The predicted molar refractivity (Wildman–Crippen MR) is 112 cm³/mol. The lowest BCUT2D eigenvalue weighted by atomic mass is 10.2. The van der Waals surface area contributed by atoms with Crippen LogP contribution in [0.25, 0.3) is 0 Å². The molecular formula is C22H30N4O4. The molecule has 0 N–H and O–H groups in total. The molecule has 2 unspecified atom stereocenters. The molecule has 1 aromatic carbocycles. The molecule has 2 aliphatic rings. The predicted octanol–water partition coefficient (Wildman–Crippen LogP) is 1.79. The second-order valence-electron chi connectivity index (χ2n) is 8.14. The number of fused-ring (bicyclic) bond motifs is 1. The van der Waals surface area contributed by atoms with Crippen molar-refractivity contribution >= 4 is 5.91 Å². The minimum Gasteiger partial charge on any atom is -0.486 e. The molecule has 0 radical (unpaired) electrons. The van der Waals surface area contributed by atoms with Crippen molar-refractivity contribution in [3.63, 3.8) is 0 Å². The zero-order valence-electron chi connectivity index (χ0n) is 17.9. The van der Waals surface area contributed by atoms with Gasteiger partial charge in [0.2, 0.25) is 5.91 Å². The fourth-order valence-electron chi connectivity index (χ4n) is 4.04. The standard InChI is InChI=1S/C22H30N4O4/c1-16-12-18(30-23-16)14-25-8-10-26(11-9-25)17(2)22(27)24(3)13-19-15-28-20-6-4-5-7-21(20)29-19/h4-7,12,17,19H,8-11,13-15H2,1-3H3. The first-order valence-corrected chi connectivity index (χ1v) is 10.5. The van der Waals surface area contributed by atoms with Gasteiger partial charge in [0.1, 0.15) is 6.61 Å². The Morgan fingerprint density at radius 3 is 2.67 bits per heavy atom. The molecule has 0 bridgehead atoms. The Morgan fingerprint density at radius 1 is 1.23 bits per heavy atom. The van der Waals surface area contributed by atoms with Crippen LogP contribution in [0, 0.1) is 6.92 Å². The van der Waals surface area contributed by atoms with Crippen LogP contribution in [0.2, 0.25) is 0 Å². The normalized spacial score (nSPS) is 20.7. The van der Waals surface area contributed by atoms with Crippen LogP contribution < -0.4 is 9.47 Å². The minimum atomic E-state index is -0.165. The smallest absolute Gasteiger partial charge is 0.239 e. The summed E-state index contributed by atoms with van der Waals surface area (Å²) >= 11 is 0. The summed E-state index contributed by atoms with van der Waals surface area (Å²) in [7, 11) is 1.84. The van der Waals surface area contributed by atoms with E-state index < -0.39 is 0 Å². The van der Waals surface area contributed by atoms with Crippen LogP contribution in [0.5, 0.6) is 11.5 Å². The van der Waals surface area contributed by atoms with E-state index in [1.807, 2.05) is 51.2 Å². The SMILES string of the molecule is Cc1cc(CN2CCN(C(C)C(=O)N(C)CC3COc4ccccc4O3)CC2)on1. The van der Waals surface area contributed by atoms with Crippen molar-refractivity contribution in [2.45, 2.75) is 32.5 Å². The second kappa shape index (κ2) is 9.06. The lowest BCUT2D eigenvalue weighted by molar-refractivity contribution is -0.137. The third kappa shape index (κ3) is 4.76. The van der Waals surface area contributed by atoms with E-state index in [1.54, 1.807) is 4.90 Å². The van der Waals surface area contributed by atoms with Crippen LogP contribution in [-0.4, -0.2) is 84.3 Å². The summed E-state index contributed by atoms with van der Waals surface area (Å²) < 4.78 is 17.1. The Morgan fingerprint density at radius 2 is 1.97 bits per heavy atom. The quantitative estimate of drug-likeness (QED) is 0.714. The number of hydrogen-bond donors (Lipinski definition) is 0. The van der Waals surface area contributed by atoms with E-state index in [0.29, 0.717) is 13.2 Å². The first-order valence-electron chi connectivity index (χ1n) is 10.5. The number of piperazine rings is 1. The molecule has 1 amide bonds. The summed E-state index contributed by atoms with van der Waals surface area (Å²) in [6, 6.07) is 9.44. The summed E-state index contributed by atoms with van der Waals surface area (Å²) in [5.41, 5.74) is 0.904. The fourth-order valence-corrected chi connectivity index (χ4v) is 4.04. The summed E-state index contributed by atoms with van der Waals surface area (Å²) in [4.78, 5) is 19.3. The molecule has 1 fully saturated rings. The largest absolute Gasteiger partial charge is 0.486 e. The highest BCUT2D eigenvalue weighted by molar-refractivity contribution is 5.81. The Balaban J connectivity index is 1.24. The molecule has 162 valence electrons. The average Bonchev–Trinajstić information content (AvgIpc) is 3.17. The number of benzene rings is 1. The van der Waals surface area contributed by atoms with Crippen molar-refractivity contribution < 1.29 is 18.8 Å². The number of carbonyl (C=O) groups excluding carboxylic acids is 1. The highest BCUT2D eigenvalue weighted by Gasteiger charge is 2.30. The van der Waals surface area contributed by atoms with Gasteiger partial charge >= 0.3 is 0 Å². The zero-order chi connectivity index (χ0) is 21.1. The first-order chi connectivity index (χ1) is 14.5. The fraction of sp³-hybridized carbons (Fsp3) is 0.545. The van der Waals surface area contributed by atoms with Crippen molar-refractivity contribution in [2.24, 2.45) is 0 Å². The molecule has 3 heterocycles. The van der Waals surface area contributed by atoms with Gasteiger partial charge in [0, 0.05) is 39.3 Å². The highest BCUT2D eigenvalue weighted by atomic mass is 16.6. The topological polar surface area (TPSA) is 71.3 Å². The van der Waals surface area contributed by atoms with Gasteiger partial charge in [-0.25, -0.2) is 0 Å². The van der Waals surface area contributed by atoms with Crippen LogP contribution in [0.15, 0.2) is 34.9 Å². The third-order valence-electron chi connectivity index (χ3n) is 5.79. The van der Waals surface area contributed by atoms with E-state index in [0.717, 1.165) is 55.7 Å². The van der Waals surface area contributed by atoms with Gasteiger partial charge in [-0.3, -0.25) is 14.6 Å². The molecule has 8 heteroatoms. The molecule has 0 spiro atoms. The van der Waals surface area contributed by atoms with Crippen LogP contribution >= 0.6 is 0 Å². The molecule has 4 rings (SSSR count). The van der Waals surface area contributed by atoms with E-state index >= 15 is 0 Å². The molecule has 2 aliphatic heterocycles. The average molecular weight is 415 g/mol. The lowest BCUT2D eigenvalue weighted by Crippen LogP contribution is -2.55. The van der Waals surface area contributed by atoms with Crippen LogP contribution in [0.4, 0.5) is 0 Å². The van der Waals surface area contributed by atoms with Gasteiger partial charge in [-0.15, -0.1) is 0 Å². The maximum absolute atomic E-state index is 13.0. The van der Waals surface area contributed by atoms with Crippen molar-refractivity contribution in [3.8, 4) is 11.5 Å². The van der Waals surface area contributed by atoms with Gasteiger partial charge in [0.05, 0.1) is 24.8 Å². The number of aromatic nitrogens is 1. The number of hydrogen-bond acceptors (Lipinski definition) is 7. The number of nitrogens with zero attached hydrogens (tertiary/aromatic N) is 4. The van der Waals surface area contributed by atoms with Crippen molar-refractivity contribution in [1.29, 1.82) is 0 Å². The molecule has 0 saturated carbocycles. The van der Waals surface area contributed by atoms with E-state index in [-0.39, 0.29) is 18.1 Å². The maximum atomic E-state index is 13.0. The monoisotopic (exact) mass is 414 g/mol. The van der Waals surface area contributed by atoms with E-state index in [4.69, 9.17) is 14.0 Å². The summed E-state index contributed by atoms with van der Waals surface area (Å²) in [5, 5.41) is 3.95. The van der Waals surface area contributed by atoms with Gasteiger partial charge < -0.3 is 18.9 Å². The summed E-state index contributed by atoms with van der Waals surface area (Å²) in [5.74, 6) is 2.49. The number of aryl methyl sites for hydroxylation is 1. The third-order valence-corrected chi connectivity index (χ3v) is 5.79. The molecular weight excluding hydrogens is 384 g/mol. The Bertz CT molecular complexity index is 862. The Labute approximate surface area is 177 Å². The van der Waals surface area contributed by atoms with Crippen molar-refractivity contribution in [2.75, 3.05) is 46.4 Å². The van der Waals surface area contributed by atoms with Crippen LogP contribution in [0.3, 0.4) is 0 Å². The number of rotatable bonds is 6. The Kier molecular flexibility index (Phi) is 6.24. The number of para-hydroxylation sites is 2. The number of amides is 1. The van der Waals surface area contributed by atoms with Crippen molar-refractivity contribution in [3.05, 3.63) is 41.8 Å². The van der Waals surface area contributed by atoms with Gasteiger partial charge in [0.25, 0.3) is 0 Å². The highest BCUT2D eigenvalue weighted by Crippen LogP contribution is 2.31. The van der Waals surface area contributed by atoms with E-state index in [1.165, 1.54) is 0 Å². The van der Waals surface area contributed by atoms with E-state index in [9.17, 15) is 4.79 Å². The van der Waals surface area contributed by atoms with Gasteiger partial charge in [0.15, 0.2) is 23.4 Å². The van der Waals surface area contributed by atoms with Gasteiger partial charge in [-0.05, 0) is 26.0 Å². The molecule has 1 aromatic heterocycles. The van der Waals surface area contributed by atoms with Crippen LogP contribution in [0.1, 0.15) is 18.4 Å². The van der Waals surface area contributed by atoms with Crippen LogP contribution in [-0.2, 0) is 11.3 Å². The first kappa shape index (κ1) is 20.7. The molecule has 8 nitrogen and oxygen atoms in total.